The summed E-state index contributed by atoms with van der Waals surface area (Å²) in [5.74, 6) is -1.09. The number of carbonyl (C=O) groups excluding carboxylic acids is 1. The molecule has 1 amide bonds. The van der Waals surface area contributed by atoms with Gasteiger partial charge in [0.25, 0.3) is 5.91 Å². The quantitative estimate of drug-likeness (QED) is 0.484. The molecule has 1 aliphatic heterocycles. The number of rotatable bonds is 7. The predicted octanol–water partition coefficient (Wildman–Crippen LogP) is 4.89. The normalized spacial score (nSPS) is 16.4. The number of aromatic nitrogens is 1. The van der Waals surface area contributed by atoms with E-state index in [-0.39, 0.29) is 18.4 Å². The van der Waals surface area contributed by atoms with Crippen molar-refractivity contribution in [2.75, 3.05) is 6.54 Å². The first-order chi connectivity index (χ1) is 13.9. The number of hydrogen-bond donors (Lipinski definition) is 1. The van der Waals surface area contributed by atoms with Gasteiger partial charge < -0.3 is 9.67 Å². The van der Waals surface area contributed by atoms with E-state index in [9.17, 15) is 9.59 Å². The molecule has 1 fully saturated rings. The summed E-state index contributed by atoms with van der Waals surface area (Å²) in [6, 6.07) is 13.9. The molecule has 0 spiro atoms. The molecule has 3 rings (SSSR count). The van der Waals surface area contributed by atoms with Crippen molar-refractivity contribution >= 4 is 58.5 Å². The first-order valence-corrected chi connectivity index (χ1v) is 10.7. The molecule has 2 heterocycles. The molecule has 1 N–H and O–H groups in total. The van der Waals surface area contributed by atoms with Crippen molar-refractivity contribution in [1.29, 1.82) is 0 Å². The van der Waals surface area contributed by atoms with Crippen LogP contribution in [0.5, 0.6) is 0 Å². The van der Waals surface area contributed by atoms with E-state index in [1.54, 1.807) is 6.08 Å². The number of thioether (sulfide) groups is 1. The number of pyridine rings is 1. The summed E-state index contributed by atoms with van der Waals surface area (Å²) in [6.07, 6.45) is 4.07. The Hall–Kier alpha value is -2.29. The van der Waals surface area contributed by atoms with Gasteiger partial charge in [0.1, 0.15) is 8.96 Å². The standard InChI is InChI=1S/C21H20N2O3S3/c1-14(15-7-3-2-4-8-15)22-11-5-9-16(20(22)27)13-17-19(26)23(21(28)29-17)12-6-10-18(24)25/h2-5,7-9,11,13-14H,6,10,12H2,1H3,(H,24,25)/b17-13-. The van der Waals surface area contributed by atoms with Gasteiger partial charge in [0.05, 0.1) is 10.9 Å². The largest absolute Gasteiger partial charge is 0.481 e. The highest BCUT2D eigenvalue weighted by atomic mass is 32.2. The molecular weight excluding hydrogens is 424 g/mol. The number of thiocarbonyl (C=S) groups is 1. The summed E-state index contributed by atoms with van der Waals surface area (Å²) in [7, 11) is 0. The maximum atomic E-state index is 12.7. The highest BCUT2D eigenvalue weighted by Crippen LogP contribution is 2.33. The van der Waals surface area contributed by atoms with Crippen LogP contribution in [0, 0.1) is 4.64 Å². The van der Waals surface area contributed by atoms with Crippen molar-refractivity contribution in [3.8, 4) is 0 Å². The van der Waals surface area contributed by atoms with Crippen molar-refractivity contribution < 1.29 is 14.7 Å². The molecular formula is C21H20N2O3S3. The van der Waals surface area contributed by atoms with Crippen LogP contribution in [-0.2, 0) is 9.59 Å². The van der Waals surface area contributed by atoms with E-state index in [1.807, 2.05) is 41.1 Å². The number of benzene rings is 1. The highest BCUT2D eigenvalue weighted by Gasteiger charge is 2.31. The zero-order valence-corrected chi connectivity index (χ0v) is 18.2. The lowest BCUT2D eigenvalue weighted by Crippen LogP contribution is -2.29. The molecule has 1 aromatic heterocycles. The lowest BCUT2D eigenvalue weighted by atomic mass is 10.1. The predicted molar refractivity (Wildman–Crippen MR) is 122 cm³/mol. The molecule has 5 nitrogen and oxygen atoms in total. The molecule has 1 aromatic carbocycles. The van der Waals surface area contributed by atoms with Gasteiger partial charge in [-0.1, -0.05) is 72.6 Å². The minimum Gasteiger partial charge on any atom is -0.481 e. The fraction of sp³-hybridized carbons (Fsp3) is 0.238. The van der Waals surface area contributed by atoms with Crippen molar-refractivity contribution in [2.45, 2.75) is 25.8 Å². The van der Waals surface area contributed by atoms with Gasteiger partial charge in [-0.3, -0.25) is 14.5 Å². The Kier molecular flexibility index (Phi) is 7.00. The monoisotopic (exact) mass is 444 g/mol. The smallest absolute Gasteiger partial charge is 0.303 e. The van der Waals surface area contributed by atoms with Crippen LogP contribution in [0.25, 0.3) is 6.08 Å². The summed E-state index contributed by atoms with van der Waals surface area (Å²) in [4.78, 5) is 25.4. The van der Waals surface area contributed by atoms with Gasteiger partial charge in [-0.05, 0) is 31.1 Å². The third-order valence-corrected chi connectivity index (χ3v) is 6.46. The molecule has 2 aromatic rings. The third-order valence-electron chi connectivity index (χ3n) is 4.64. The van der Waals surface area contributed by atoms with E-state index in [0.717, 1.165) is 11.1 Å². The summed E-state index contributed by atoms with van der Waals surface area (Å²) in [6.45, 7) is 2.38. The Labute approximate surface area is 184 Å². The second kappa shape index (κ2) is 9.47. The number of carboxylic acid groups (broad SMARTS) is 1. The van der Waals surface area contributed by atoms with Crippen LogP contribution in [0.2, 0.25) is 0 Å². The molecule has 0 bridgehead atoms. The molecule has 1 saturated heterocycles. The average molecular weight is 445 g/mol. The second-order valence-corrected chi connectivity index (χ2v) is 8.66. The van der Waals surface area contributed by atoms with Crippen LogP contribution in [0.4, 0.5) is 0 Å². The maximum Gasteiger partial charge on any atom is 0.303 e. The Morgan fingerprint density at radius 3 is 2.62 bits per heavy atom. The van der Waals surface area contributed by atoms with Gasteiger partial charge in [0.15, 0.2) is 0 Å². The van der Waals surface area contributed by atoms with Gasteiger partial charge in [0.2, 0.25) is 0 Å². The molecule has 0 aliphatic carbocycles. The lowest BCUT2D eigenvalue weighted by molar-refractivity contribution is -0.137. The summed E-state index contributed by atoms with van der Waals surface area (Å²) >= 11 is 12.2. The van der Waals surface area contributed by atoms with Gasteiger partial charge in [0, 0.05) is 24.7 Å². The Morgan fingerprint density at radius 2 is 1.93 bits per heavy atom. The van der Waals surface area contributed by atoms with E-state index >= 15 is 0 Å². The van der Waals surface area contributed by atoms with Crippen molar-refractivity contribution in [3.63, 3.8) is 0 Å². The topological polar surface area (TPSA) is 62.5 Å². The van der Waals surface area contributed by atoms with Crippen LogP contribution >= 0.6 is 36.2 Å². The number of amides is 1. The molecule has 1 aliphatic rings. The molecule has 1 atom stereocenters. The summed E-state index contributed by atoms with van der Waals surface area (Å²) in [5.41, 5.74) is 1.92. The van der Waals surface area contributed by atoms with E-state index < -0.39 is 5.97 Å². The number of nitrogens with zero attached hydrogens (tertiary/aromatic N) is 2. The molecule has 8 heteroatoms. The molecule has 0 saturated carbocycles. The van der Waals surface area contributed by atoms with Crippen LogP contribution in [0.3, 0.4) is 0 Å². The summed E-state index contributed by atoms with van der Waals surface area (Å²) in [5, 5.41) is 8.78. The van der Waals surface area contributed by atoms with Gasteiger partial charge in [-0.25, -0.2) is 0 Å². The van der Waals surface area contributed by atoms with E-state index in [0.29, 0.717) is 26.8 Å². The van der Waals surface area contributed by atoms with Crippen LogP contribution < -0.4 is 0 Å². The molecule has 0 radical (unpaired) electrons. The van der Waals surface area contributed by atoms with Crippen LogP contribution in [0.15, 0.2) is 53.6 Å². The number of carbonyl (C=O) groups is 2. The van der Waals surface area contributed by atoms with Crippen LogP contribution in [-0.4, -0.2) is 37.3 Å². The minimum absolute atomic E-state index is 0.00246. The lowest BCUT2D eigenvalue weighted by Gasteiger charge is -2.17. The highest BCUT2D eigenvalue weighted by molar-refractivity contribution is 8.26. The second-order valence-electron chi connectivity index (χ2n) is 6.59. The van der Waals surface area contributed by atoms with E-state index in [2.05, 4.69) is 19.1 Å². The fourth-order valence-corrected chi connectivity index (χ4v) is 4.70. The SMILES string of the molecule is CC(c1ccccc1)n1cccc(/C=C2\SC(=S)N(CCCC(=O)O)C2=O)c1=S. The van der Waals surface area contributed by atoms with Crippen molar-refractivity contribution in [1.82, 2.24) is 9.47 Å². The number of aliphatic carboxylic acids is 1. The third kappa shape index (κ3) is 5.01. The molecule has 150 valence electrons. The van der Waals surface area contributed by atoms with Gasteiger partial charge >= 0.3 is 5.97 Å². The van der Waals surface area contributed by atoms with Crippen LogP contribution in [0.1, 0.15) is 36.9 Å². The van der Waals surface area contributed by atoms with E-state index in [4.69, 9.17) is 29.5 Å². The number of hydrogen-bond acceptors (Lipinski definition) is 5. The van der Waals surface area contributed by atoms with Crippen molar-refractivity contribution in [3.05, 3.63) is 69.3 Å². The Bertz CT molecular complexity index is 1030. The first kappa shape index (κ1) is 21.4. The maximum absolute atomic E-state index is 12.7. The first-order valence-electron chi connectivity index (χ1n) is 9.11. The minimum atomic E-state index is -0.886. The zero-order chi connectivity index (χ0) is 21.0. The Morgan fingerprint density at radius 1 is 1.21 bits per heavy atom. The summed E-state index contributed by atoms with van der Waals surface area (Å²) < 4.78 is 3.09. The molecule has 29 heavy (non-hydrogen) atoms. The van der Waals surface area contributed by atoms with Crippen molar-refractivity contribution in [2.24, 2.45) is 0 Å². The van der Waals surface area contributed by atoms with Gasteiger partial charge in [-0.15, -0.1) is 0 Å². The molecule has 1 unspecified atom stereocenters. The Balaban J connectivity index is 1.84. The fourth-order valence-electron chi connectivity index (χ4n) is 3.06. The van der Waals surface area contributed by atoms with E-state index in [1.165, 1.54) is 16.7 Å². The number of carboxylic acids is 1. The van der Waals surface area contributed by atoms with Gasteiger partial charge in [-0.2, -0.15) is 0 Å². The average Bonchev–Trinajstić information content (AvgIpc) is 2.97. The zero-order valence-electron chi connectivity index (χ0n) is 15.8.